The van der Waals surface area contributed by atoms with Crippen molar-refractivity contribution in [3.8, 4) is 0 Å². The molecule has 2 aromatic rings. The maximum absolute atomic E-state index is 11.4. The number of aromatic amines is 1. The van der Waals surface area contributed by atoms with E-state index >= 15 is 0 Å². The summed E-state index contributed by atoms with van der Waals surface area (Å²) in [4.78, 5) is 11.4. The van der Waals surface area contributed by atoms with Gasteiger partial charge in [0, 0.05) is 5.39 Å². The maximum Gasteiger partial charge on any atom is 0.339 e. The van der Waals surface area contributed by atoms with E-state index in [1.165, 1.54) is 0 Å². The lowest BCUT2D eigenvalue weighted by molar-refractivity contribution is -0.153. The van der Waals surface area contributed by atoms with Crippen molar-refractivity contribution >= 4 is 32.8 Å². The molecule has 0 aliphatic rings. The SMILES string of the molecule is CCOC(=O)C(O)c1ccc2n[nH]c(Br)c2c1. The molecule has 6 heteroatoms. The zero-order valence-corrected chi connectivity index (χ0v) is 10.7. The van der Waals surface area contributed by atoms with Crippen molar-refractivity contribution in [1.29, 1.82) is 0 Å². The number of hydrogen-bond donors (Lipinski definition) is 2. The minimum absolute atomic E-state index is 0.244. The fourth-order valence-corrected chi connectivity index (χ4v) is 1.93. The molecule has 0 saturated heterocycles. The van der Waals surface area contributed by atoms with Crippen molar-refractivity contribution in [1.82, 2.24) is 10.2 Å². The van der Waals surface area contributed by atoms with E-state index in [2.05, 4.69) is 26.1 Å². The molecule has 0 amide bonds. The minimum Gasteiger partial charge on any atom is -0.464 e. The Bertz CT molecular complexity index is 553. The van der Waals surface area contributed by atoms with Crippen LogP contribution in [0.5, 0.6) is 0 Å². The van der Waals surface area contributed by atoms with Gasteiger partial charge in [0.25, 0.3) is 0 Å². The Kier molecular flexibility index (Phi) is 3.44. The third-order valence-corrected chi connectivity index (χ3v) is 2.96. The molecular formula is C11H11BrN2O3. The predicted octanol–water partition coefficient (Wildman–Crippen LogP) is 1.92. The van der Waals surface area contributed by atoms with Crippen LogP contribution in [-0.2, 0) is 9.53 Å². The molecule has 1 atom stereocenters. The molecule has 2 N–H and O–H groups in total. The number of fused-ring (bicyclic) bond motifs is 1. The number of H-pyrrole nitrogens is 1. The van der Waals surface area contributed by atoms with E-state index in [0.717, 1.165) is 10.9 Å². The monoisotopic (exact) mass is 298 g/mol. The van der Waals surface area contributed by atoms with Gasteiger partial charge < -0.3 is 9.84 Å². The van der Waals surface area contributed by atoms with Gasteiger partial charge in [-0.1, -0.05) is 6.07 Å². The van der Waals surface area contributed by atoms with Crippen LogP contribution in [0.2, 0.25) is 0 Å². The number of nitrogens with zero attached hydrogens (tertiary/aromatic N) is 1. The van der Waals surface area contributed by atoms with Crippen LogP contribution in [0.15, 0.2) is 22.8 Å². The third-order valence-electron chi connectivity index (χ3n) is 2.36. The number of halogens is 1. The Morgan fingerprint density at radius 1 is 1.65 bits per heavy atom. The van der Waals surface area contributed by atoms with Crippen LogP contribution in [0, 0.1) is 0 Å². The van der Waals surface area contributed by atoms with Crippen LogP contribution in [0.4, 0.5) is 0 Å². The van der Waals surface area contributed by atoms with Gasteiger partial charge in [0.15, 0.2) is 6.10 Å². The van der Waals surface area contributed by atoms with Gasteiger partial charge in [0.05, 0.1) is 12.1 Å². The fraction of sp³-hybridized carbons (Fsp3) is 0.273. The molecule has 1 aromatic heterocycles. The first-order valence-corrected chi connectivity index (χ1v) is 5.91. The molecule has 0 saturated carbocycles. The summed E-state index contributed by atoms with van der Waals surface area (Å²) in [5, 5.41) is 17.4. The van der Waals surface area contributed by atoms with Crippen LogP contribution in [0.25, 0.3) is 10.9 Å². The van der Waals surface area contributed by atoms with Gasteiger partial charge in [-0.25, -0.2) is 4.79 Å². The molecule has 0 radical (unpaired) electrons. The average Bonchev–Trinajstić information content (AvgIpc) is 2.70. The van der Waals surface area contributed by atoms with E-state index in [-0.39, 0.29) is 6.61 Å². The maximum atomic E-state index is 11.4. The van der Waals surface area contributed by atoms with Gasteiger partial charge in [-0.3, -0.25) is 5.10 Å². The molecule has 0 aliphatic heterocycles. The lowest BCUT2D eigenvalue weighted by Crippen LogP contribution is -2.15. The van der Waals surface area contributed by atoms with Gasteiger partial charge in [0.1, 0.15) is 4.60 Å². The number of rotatable bonds is 3. The highest BCUT2D eigenvalue weighted by molar-refractivity contribution is 9.10. The van der Waals surface area contributed by atoms with Crippen LogP contribution in [-0.4, -0.2) is 27.9 Å². The van der Waals surface area contributed by atoms with Gasteiger partial charge in [-0.15, -0.1) is 0 Å². The first-order chi connectivity index (χ1) is 8.13. The first kappa shape index (κ1) is 12.1. The summed E-state index contributed by atoms with van der Waals surface area (Å²) in [6.45, 7) is 1.94. The van der Waals surface area contributed by atoms with Crippen molar-refractivity contribution in [2.45, 2.75) is 13.0 Å². The lowest BCUT2D eigenvalue weighted by atomic mass is 10.1. The molecule has 0 aliphatic carbocycles. The van der Waals surface area contributed by atoms with Crippen LogP contribution >= 0.6 is 15.9 Å². The largest absolute Gasteiger partial charge is 0.464 e. The summed E-state index contributed by atoms with van der Waals surface area (Å²) >= 11 is 3.30. The van der Waals surface area contributed by atoms with Gasteiger partial charge in [-0.2, -0.15) is 5.10 Å². The molecule has 1 aromatic carbocycles. The number of hydrogen-bond acceptors (Lipinski definition) is 4. The van der Waals surface area contributed by atoms with Crippen molar-refractivity contribution in [2.24, 2.45) is 0 Å². The number of aliphatic hydroxyl groups excluding tert-OH is 1. The van der Waals surface area contributed by atoms with Gasteiger partial charge >= 0.3 is 5.97 Å². The molecule has 1 unspecified atom stereocenters. The summed E-state index contributed by atoms with van der Waals surface area (Å²) in [5.74, 6) is -0.647. The van der Waals surface area contributed by atoms with Gasteiger partial charge in [0.2, 0.25) is 0 Å². The first-order valence-electron chi connectivity index (χ1n) is 5.11. The second-order valence-corrected chi connectivity index (χ2v) is 4.26. The van der Waals surface area contributed by atoms with Gasteiger partial charge in [-0.05, 0) is 40.5 Å². The molecule has 17 heavy (non-hydrogen) atoms. The van der Waals surface area contributed by atoms with Crippen LogP contribution in [0.3, 0.4) is 0 Å². The molecule has 1 heterocycles. The number of aliphatic hydroxyl groups is 1. The number of benzene rings is 1. The Hall–Kier alpha value is -1.40. The number of carbonyl (C=O) groups excluding carboxylic acids is 1. The minimum atomic E-state index is -1.26. The summed E-state index contributed by atoms with van der Waals surface area (Å²) in [7, 11) is 0. The smallest absolute Gasteiger partial charge is 0.339 e. The highest BCUT2D eigenvalue weighted by Crippen LogP contribution is 2.25. The van der Waals surface area contributed by atoms with Crippen molar-refractivity contribution in [3.05, 3.63) is 28.4 Å². The van der Waals surface area contributed by atoms with Crippen LogP contribution < -0.4 is 0 Å². The second kappa shape index (κ2) is 4.85. The zero-order chi connectivity index (χ0) is 12.4. The fourth-order valence-electron chi connectivity index (χ4n) is 1.52. The Morgan fingerprint density at radius 3 is 3.12 bits per heavy atom. The van der Waals surface area contributed by atoms with E-state index < -0.39 is 12.1 Å². The topological polar surface area (TPSA) is 75.2 Å². The molecule has 5 nitrogen and oxygen atoms in total. The number of aromatic nitrogens is 2. The Morgan fingerprint density at radius 2 is 2.41 bits per heavy atom. The highest BCUT2D eigenvalue weighted by atomic mass is 79.9. The number of ether oxygens (including phenoxy) is 1. The summed E-state index contributed by atoms with van der Waals surface area (Å²) in [6.07, 6.45) is -1.26. The average molecular weight is 299 g/mol. The summed E-state index contributed by atoms with van der Waals surface area (Å²) < 4.78 is 5.47. The van der Waals surface area contributed by atoms with E-state index in [0.29, 0.717) is 10.2 Å². The number of nitrogens with one attached hydrogen (secondary N) is 1. The normalized spacial score (nSPS) is 12.6. The van der Waals surface area contributed by atoms with E-state index in [9.17, 15) is 9.90 Å². The molecule has 90 valence electrons. The van der Waals surface area contributed by atoms with E-state index in [1.807, 2.05) is 0 Å². The van der Waals surface area contributed by atoms with Crippen LogP contribution in [0.1, 0.15) is 18.6 Å². The molecule has 0 spiro atoms. The van der Waals surface area contributed by atoms with E-state index in [1.54, 1.807) is 25.1 Å². The van der Waals surface area contributed by atoms with Crippen molar-refractivity contribution in [3.63, 3.8) is 0 Å². The Labute approximate surface area is 106 Å². The summed E-state index contributed by atoms with van der Waals surface area (Å²) in [6, 6.07) is 5.08. The number of esters is 1. The second-order valence-electron chi connectivity index (χ2n) is 3.47. The quantitative estimate of drug-likeness (QED) is 0.849. The number of carbonyl (C=O) groups is 1. The standard InChI is InChI=1S/C11H11BrN2O3/c1-2-17-11(16)9(15)6-3-4-8-7(5-6)10(12)14-13-8/h3-5,9,15H,2H2,1H3,(H,13,14). The summed E-state index contributed by atoms with van der Waals surface area (Å²) in [5.41, 5.74) is 1.25. The molecule has 0 bridgehead atoms. The van der Waals surface area contributed by atoms with Crippen molar-refractivity contribution < 1.29 is 14.6 Å². The molecule has 0 fully saturated rings. The zero-order valence-electron chi connectivity index (χ0n) is 9.11. The molecular weight excluding hydrogens is 288 g/mol. The van der Waals surface area contributed by atoms with E-state index in [4.69, 9.17) is 4.74 Å². The third kappa shape index (κ3) is 2.32. The predicted molar refractivity (Wildman–Crippen MR) is 65.4 cm³/mol. The lowest BCUT2D eigenvalue weighted by Gasteiger charge is -2.09. The molecule has 2 rings (SSSR count). The highest BCUT2D eigenvalue weighted by Gasteiger charge is 2.19. The van der Waals surface area contributed by atoms with Crippen molar-refractivity contribution in [2.75, 3.05) is 6.61 Å². The Balaban J connectivity index is 2.35.